The van der Waals surface area contributed by atoms with E-state index in [0.717, 1.165) is 17.2 Å². The summed E-state index contributed by atoms with van der Waals surface area (Å²) in [4.78, 5) is 21.5. The van der Waals surface area contributed by atoms with Crippen molar-refractivity contribution in [3.8, 4) is 6.07 Å². The molecule has 1 fully saturated rings. The fourth-order valence-electron chi connectivity index (χ4n) is 2.28. The summed E-state index contributed by atoms with van der Waals surface area (Å²) >= 11 is 0. The van der Waals surface area contributed by atoms with Crippen LogP contribution in [0, 0.1) is 11.3 Å². The number of fused-ring (bicyclic) bond motifs is 1. The molecule has 110 valence electrons. The molecule has 1 aliphatic heterocycles. The number of aliphatic hydroxyl groups excluding tert-OH is 2. The molecular formula is C11H10FN5O4. The molecule has 1 aliphatic rings. The van der Waals surface area contributed by atoms with Crippen LogP contribution >= 0.6 is 0 Å². The zero-order chi connectivity index (χ0) is 15.2. The number of aliphatic hydroxyl groups is 2. The Morgan fingerprint density at radius 2 is 2.38 bits per heavy atom. The fraction of sp³-hybridized carbons (Fsp3) is 0.455. The number of nitrogens with zero attached hydrogens (tertiary/aromatic N) is 4. The van der Waals surface area contributed by atoms with E-state index in [9.17, 15) is 19.4 Å². The van der Waals surface area contributed by atoms with E-state index in [1.54, 1.807) is 6.07 Å². The Morgan fingerprint density at radius 3 is 3.00 bits per heavy atom. The minimum Gasteiger partial charge on any atom is -0.392 e. The van der Waals surface area contributed by atoms with Gasteiger partial charge in [-0.05, 0) is 0 Å². The Bertz CT molecular complexity index is 783. The molecule has 0 aromatic carbocycles. The second kappa shape index (κ2) is 4.59. The van der Waals surface area contributed by atoms with E-state index in [4.69, 9.17) is 10.00 Å². The second-order valence-corrected chi connectivity index (χ2v) is 4.61. The van der Waals surface area contributed by atoms with Crippen molar-refractivity contribution in [2.24, 2.45) is 0 Å². The van der Waals surface area contributed by atoms with E-state index < -0.39 is 36.3 Å². The Hall–Kier alpha value is -2.35. The van der Waals surface area contributed by atoms with Crippen molar-refractivity contribution in [3.05, 3.63) is 23.0 Å². The van der Waals surface area contributed by atoms with Crippen LogP contribution in [0.15, 0.2) is 17.4 Å². The van der Waals surface area contributed by atoms with Crippen LogP contribution in [0.2, 0.25) is 0 Å². The first-order chi connectivity index (χ1) is 10.0. The van der Waals surface area contributed by atoms with Crippen molar-refractivity contribution < 1.29 is 19.3 Å². The molecule has 0 aliphatic carbocycles. The molecule has 1 saturated heterocycles. The number of nitrogens with one attached hydrogen (secondary N) is 1. The molecule has 2 aromatic heterocycles. The molecule has 10 heteroatoms. The average Bonchev–Trinajstić information content (AvgIpc) is 3.02. The molecule has 2 aromatic rings. The maximum absolute atomic E-state index is 14.2. The van der Waals surface area contributed by atoms with Crippen molar-refractivity contribution in [1.29, 1.82) is 5.26 Å². The standard InChI is InChI=1S/C11H10FN5O4/c12-5-7(19)11(1-13,2-18)21-10(5)17-4-16-6-8(17)14-3-15-9(6)20/h3-5,7,10,18-19H,2H2,(H,14,15,20)/t5-,7-,10+,11+/m0/s1. The lowest BCUT2D eigenvalue weighted by atomic mass is 9.99. The van der Waals surface area contributed by atoms with Crippen LogP contribution in [-0.2, 0) is 4.74 Å². The highest BCUT2D eigenvalue weighted by molar-refractivity contribution is 5.68. The van der Waals surface area contributed by atoms with E-state index in [1.165, 1.54) is 0 Å². The third-order valence-corrected chi connectivity index (χ3v) is 3.45. The summed E-state index contributed by atoms with van der Waals surface area (Å²) in [5.74, 6) is 0. The summed E-state index contributed by atoms with van der Waals surface area (Å²) in [7, 11) is 0. The normalized spacial score (nSPS) is 32.4. The van der Waals surface area contributed by atoms with Gasteiger partial charge in [0.25, 0.3) is 5.56 Å². The van der Waals surface area contributed by atoms with Gasteiger partial charge in [-0.2, -0.15) is 5.26 Å². The first-order valence-corrected chi connectivity index (χ1v) is 5.96. The smallest absolute Gasteiger partial charge is 0.278 e. The minimum absolute atomic E-state index is 0.0266. The Balaban J connectivity index is 2.10. The molecule has 9 nitrogen and oxygen atoms in total. The van der Waals surface area contributed by atoms with Gasteiger partial charge in [-0.3, -0.25) is 9.36 Å². The largest absolute Gasteiger partial charge is 0.392 e. The van der Waals surface area contributed by atoms with Crippen LogP contribution < -0.4 is 5.56 Å². The quantitative estimate of drug-likeness (QED) is 0.619. The predicted octanol–water partition coefficient (Wildman–Crippen LogP) is -1.40. The van der Waals surface area contributed by atoms with Crippen molar-refractivity contribution in [2.75, 3.05) is 6.61 Å². The average molecular weight is 295 g/mol. The summed E-state index contributed by atoms with van der Waals surface area (Å²) in [5, 5.41) is 28.0. The zero-order valence-electron chi connectivity index (χ0n) is 10.5. The highest BCUT2D eigenvalue weighted by atomic mass is 19.1. The Kier molecular flexibility index (Phi) is 2.98. The van der Waals surface area contributed by atoms with E-state index in [2.05, 4.69) is 15.0 Å². The number of rotatable bonds is 2. The molecular weight excluding hydrogens is 285 g/mol. The Morgan fingerprint density at radius 1 is 1.62 bits per heavy atom. The maximum Gasteiger partial charge on any atom is 0.278 e. The number of halogens is 1. The summed E-state index contributed by atoms with van der Waals surface area (Å²) in [6.07, 6.45) is -3.01. The van der Waals surface area contributed by atoms with E-state index >= 15 is 0 Å². The molecule has 21 heavy (non-hydrogen) atoms. The van der Waals surface area contributed by atoms with Crippen molar-refractivity contribution in [1.82, 2.24) is 19.5 Å². The van der Waals surface area contributed by atoms with Gasteiger partial charge in [0, 0.05) is 0 Å². The van der Waals surface area contributed by atoms with Gasteiger partial charge in [0.2, 0.25) is 5.60 Å². The first-order valence-electron chi connectivity index (χ1n) is 5.96. The minimum atomic E-state index is -2.07. The van der Waals surface area contributed by atoms with Gasteiger partial charge in [0.15, 0.2) is 23.6 Å². The molecule has 0 bridgehead atoms. The SMILES string of the molecule is N#C[C@]1(CO)O[C@@H](n2cnc3c(=O)[nH]cnc32)[C@@H](F)[C@@H]1O. The number of imidazole rings is 1. The van der Waals surface area contributed by atoms with Gasteiger partial charge in [-0.1, -0.05) is 0 Å². The summed E-state index contributed by atoms with van der Waals surface area (Å²) < 4.78 is 20.5. The van der Waals surface area contributed by atoms with E-state index in [-0.39, 0.29) is 11.2 Å². The van der Waals surface area contributed by atoms with Crippen molar-refractivity contribution >= 4 is 11.2 Å². The van der Waals surface area contributed by atoms with E-state index in [0.29, 0.717) is 0 Å². The van der Waals surface area contributed by atoms with Crippen LogP contribution in [0.3, 0.4) is 0 Å². The number of aromatic nitrogens is 4. The number of nitriles is 1. The number of alkyl halides is 1. The van der Waals surface area contributed by atoms with Gasteiger partial charge < -0.3 is 19.9 Å². The number of ether oxygens (including phenoxy) is 1. The summed E-state index contributed by atoms with van der Waals surface area (Å²) in [6.45, 7) is -0.873. The third-order valence-electron chi connectivity index (χ3n) is 3.45. The molecule has 0 unspecified atom stereocenters. The first kappa shape index (κ1) is 13.6. The molecule has 0 amide bonds. The third kappa shape index (κ3) is 1.75. The van der Waals surface area contributed by atoms with Gasteiger partial charge in [-0.25, -0.2) is 14.4 Å². The lowest BCUT2D eigenvalue weighted by Crippen LogP contribution is -2.44. The van der Waals surface area contributed by atoms with Crippen molar-refractivity contribution in [2.45, 2.75) is 24.1 Å². The molecule has 0 saturated carbocycles. The summed E-state index contributed by atoms with van der Waals surface area (Å²) in [5.41, 5.74) is -2.56. The van der Waals surface area contributed by atoms with Crippen LogP contribution in [0.1, 0.15) is 6.23 Å². The number of H-pyrrole nitrogens is 1. The van der Waals surface area contributed by atoms with Gasteiger partial charge in [0.1, 0.15) is 12.2 Å². The molecule has 3 heterocycles. The maximum atomic E-state index is 14.2. The zero-order valence-corrected chi connectivity index (χ0v) is 10.5. The van der Waals surface area contributed by atoms with Crippen LogP contribution in [0.4, 0.5) is 4.39 Å². The van der Waals surface area contributed by atoms with Crippen LogP contribution in [-0.4, -0.2) is 54.2 Å². The molecule has 3 rings (SSSR count). The van der Waals surface area contributed by atoms with Crippen LogP contribution in [0.5, 0.6) is 0 Å². The molecule has 0 spiro atoms. The van der Waals surface area contributed by atoms with E-state index in [1.807, 2.05) is 0 Å². The highest BCUT2D eigenvalue weighted by Gasteiger charge is 2.56. The fourth-order valence-corrected chi connectivity index (χ4v) is 2.28. The Labute approximate surface area is 116 Å². The van der Waals surface area contributed by atoms with Gasteiger partial charge >= 0.3 is 0 Å². The molecule has 3 N–H and O–H groups in total. The summed E-state index contributed by atoms with van der Waals surface area (Å²) in [6, 6.07) is 1.57. The van der Waals surface area contributed by atoms with Crippen molar-refractivity contribution in [3.63, 3.8) is 0 Å². The number of hydrogen-bond donors (Lipinski definition) is 3. The number of aromatic amines is 1. The monoisotopic (exact) mass is 295 g/mol. The highest BCUT2D eigenvalue weighted by Crippen LogP contribution is 2.39. The molecule has 0 radical (unpaired) electrons. The predicted molar refractivity (Wildman–Crippen MR) is 64.6 cm³/mol. The lowest BCUT2D eigenvalue weighted by molar-refractivity contribution is -0.0912. The lowest BCUT2D eigenvalue weighted by Gasteiger charge is -2.20. The number of hydrogen-bond acceptors (Lipinski definition) is 7. The van der Waals surface area contributed by atoms with Gasteiger partial charge in [0.05, 0.1) is 19.3 Å². The topological polar surface area (TPSA) is 137 Å². The molecule has 4 atom stereocenters. The van der Waals surface area contributed by atoms with Crippen LogP contribution in [0.25, 0.3) is 11.2 Å². The van der Waals surface area contributed by atoms with Gasteiger partial charge in [-0.15, -0.1) is 0 Å². The second-order valence-electron chi connectivity index (χ2n) is 4.61.